The zero-order valence-corrected chi connectivity index (χ0v) is 7.68. The molecular formula is C9H18N2O. The second-order valence-electron chi connectivity index (χ2n) is 3.65. The Kier molecular flexibility index (Phi) is 3.69. The summed E-state index contributed by atoms with van der Waals surface area (Å²) in [5.74, 6) is 0.777. The monoisotopic (exact) mass is 170 g/mol. The minimum Gasteiger partial charge on any atom is -0.322 e. The SMILES string of the molecule is CC(=O)C(N)CC1CCNCC1. The first-order chi connectivity index (χ1) is 5.70. The number of carbonyl (C=O) groups excluding carboxylic acids is 1. The quantitative estimate of drug-likeness (QED) is 0.640. The second kappa shape index (κ2) is 4.58. The summed E-state index contributed by atoms with van der Waals surface area (Å²) in [5, 5.41) is 3.29. The summed E-state index contributed by atoms with van der Waals surface area (Å²) >= 11 is 0. The summed E-state index contributed by atoms with van der Waals surface area (Å²) in [7, 11) is 0. The molecule has 3 N–H and O–H groups in total. The van der Waals surface area contributed by atoms with Crippen molar-refractivity contribution in [2.75, 3.05) is 13.1 Å². The molecule has 0 bridgehead atoms. The van der Waals surface area contributed by atoms with Gasteiger partial charge in [0.25, 0.3) is 0 Å². The predicted molar refractivity (Wildman–Crippen MR) is 48.9 cm³/mol. The third kappa shape index (κ3) is 2.91. The fraction of sp³-hybridized carbons (Fsp3) is 0.889. The topological polar surface area (TPSA) is 55.1 Å². The third-order valence-electron chi connectivity index (χ3n) is 2.57. The van der Waals surface area contributed by atoms with Crippen molar-refractivity contribution in [2.24, 2.45) is 11.7 Å². The first kappa shape index (κ1) is 9.68. The van der Waals surface area contributed by atoms with Gasteiger partial charge in [0.1, 0.15) is 5.78 Å². The molecule has 0 saturated carbocycles. The van der Waals surface area contributed by atoms with E-state index in [9.17, 15) is 4.79 Å². The molecule has 3 heteroatoms. The highest BCUT2D eigenvalue weighted by Gasteiger charge is 2.18. The van der Waals surface area contributed by atoms with Crippen molar-refractivity contribution >= 4 is 5.78 Å². The zero-order chi connectivity index (χ0) is 8.97. The van der Waals surface area contributed by atoms with Crippen molar-refractivity contribution in [3.8, 4) is 0 Å². The van der Waals surface area contributed by atoms with Gasteiger partial charge in [-0.25, -0.2) is 0 Å². The van der Waals surface area contributed by atoms with E-state index in [0.717, 1.165) is 19.5 Å². The summed E-state index contributed by atoms with van der Waals surface area (Å²) in [5.41, 5.74) is 5.68. The van der Waals surface area contributed by atoms with E-state index in [1.54, 1.807) is 6.92 Å². The number of rotatable bonds is 3. The van der Waals surface area contributed by atoms with Crippen molar-refractivity contribution in [3.63, 3.8) is 0 Å². The van der Waals surface area contributed by atoms with Crippen molar-refractivity contribution < 1.29 is 4.79 Å². The van der Waals surface area contributed by atoms with Gasteiger partial charge >= 0.3 is 0 Å². The van der Waals surface area contributed by atoms with E-state index in [0.29, 0.717) is 5.92 Å². The van der Waals surface area contributed by atoms with Crippen LogP contribution in [0.1, 0.15) is 26.2 Å². The van der Waals surface area contributed by atoms with Gasteiger partial charge in [-0.1, -0.05) is 0 Å². The molecule has 1 saturated heterocycles. The van der Waals surface area contributed by atoms with Crippen molar-refractivity contribution in [1.82, 2.24) is 5.32 Å². The number of ketones is 1. The summed E-state index contributed by atoms with van der Waals surface area (Å²) in [6.45, 7) is 3.73. The molecular weight excluding hydrogens is 152 g/mol. The maximum Gasteiger partial charge on any atom is 0.146 e. The van der Waals surface area contributed by atoms with Crippen LogP contribution in [0.2, 0.25) is 0 Å². The largest absolute Gasteiger partial charge is 0.322 e. The van der Waals surface area contributed by atoms with Crippen LogP contribution in [0.3, 0.4) is 0 Å². The highest BCUT2D eigenvalue weighted by Crippen LogP contribution is 2.17. The summed E-state index contributed by atoms with van der Waals surface area (Å²) < 4.78 is 0. The molecule has 70 valence electrons. The molecule has 0 amide bonds. The van der Waals surface area contributed by atoms with Crippen LogP contribution < -0.4 is 11.1 Å². The first-order valence-electron chi connectivity index (χ1n) is 4.67. The van der Waals surface area contributed by atoms with E-state index < -0.39 is 0 Å². The molecule has 0 aromatic rings. The molecule has 12 heavy (non-hydrogen) atoms. The fourth-order valence-electron chi connectivity index (χ4n) is 1.64. The Labute approximate surface area is 73.7 Å². The molecule has 0 aliphatic carbocycles. The van der Waals surface area contributed by atoms with Crippen LogP contribution in [0.25, 0.3) is 0 Å². The molecule has 0 aromatic heterocycles. The van der Waals surface area contributed by atoms with Gasteiger partial charge in [0.2, 0.25) is 0 Å². The van der Waals surface area contributed by atoms with Gasteiger partial charge in [0, 0.05) is 0 Å². The average molecular weight is 170 g/mol. The van der Waals surface area contributed by atoms with Crippen LogP contribution in [-0.2, 0) is 4.79 Å². The maximum absolute atomic E-state index is 10.9. The Hall–Kier alpha value is -0.410. The molecule has 0 radical (unpaired) electrons. The number of nitrogens with one attached hydrogen (secondary N) is 1. The van der Waals surface area contributed by atoms with Gasteiger partial charge in [0.15, 0.2) is 0 Å². The molecule has 1 rings (SSSR count). The molecule has 1 heterocycles. The third-order valence-corrected chi connectivity index (χ3v) is 2.57. The van der Waals surface area contributed by atoms with Crippen molar-refractivity contribution in [1.29, 1.82) is 0 Å². The van der Waals surface area contributed by atoms with Crippen molar-refractivity contribution in [2.45, 2.75) is 32.2 Å². The van der Waals surface area contributed by atoms with Crippen LogP contribution in [0.15, 0.2) is 0 Å². The van der Waals surface area contributed by atoms with E-state index in [4.69, 9.17) is 5.73 Å². The maximum atomic E-state index is 10.9. The Bertz CT molecular complexity index is 153. The molecule has 0 aromatic carbocycles. The zero-order valence-electron chi connectivity index (χ0n) is 7.68. The number of hydrogen-bond donors (Lipinski definition) is 2. The van der Waals surface area contributed by atoms with Gasteiger partial charge in [0.05, 0.1) is 6.04 Å². The molecule has 1 aliphatic heterocycles. The molecule has 3 nitrogen and oxygen atoms in total. The summed E-state index contributed by atoms with van der Waals surface area (Å²) in [6, 6.07) is -0.229. The van der Waals surface area contributed by atoms with Crippen LogP contribution in [-0.4, -0.2) is 24.9 Å². The molecule has 1 fully saturated rings. The normalized spacial score (nSPS) is 22.2. The Morgan fingerprint density at radius 1 is 1.58 bits per heavy atom. The lowest BCUT2D eigenvalue weighted by atomic mass is 9.90. The minimum absolute atomic E-state index is 0.119. The van der Waals surface area contributed by atoms with E-state index in [2.05, 4.69) is 5.32 Å². The average Bonchev–Trinajstić information content (AvgIpc) is 2.06. The van der Waals surface area contributed by atoms with Crippen LogP contribution in [0.4, 0.5) is 0 Å². The molecule has 1 aliphatic rings. The Morgan fingerprint density at radius 3 is 2.67 bits per heavy atom. The number of nitrogens with two attached hydrogens (primary N) is 1. The van der Waals surface area contributed by atoms with Crippen LogP contribution in [0, 0.1) is 5.92 Å². The summed E-state index contributed by atoms with van der Waals surface area (Å²) in [4.78, 5) is 10.9. The lowest BCUT2D eigenvalue weighted by Crippen LogP contribution is -2.35. The van der Waals surface area contributed by atoms with E-state index >= 15 is 0 Å². The number of piperidine rings is 1. The van der Waals surface area contributed by atoms with Gasteiger partial charge in [-0.15, -0.1) is 0 Å². The minimum atomic E-state index is -0.229. The van der Waals surface area contributed by atoms with Gasteiger partial charge in [-0.2, -0.15) is 0 Å². The van der Waals surface area contributed by atoms with Gasteiger partial charge in [-0.3, -0.25) is 4.79 Å². The molecule has 1 unspecified atom stereocenters. The van der Waals surface area contributed by atoms with Gasteiger partial charge < -0.3 is 11.1 Å². The Morgan fingerprint density at radius 2 is 2.17 bits per heavy atom. The number of hydrogen-bond acceptors (Lipinski definition) is 3. The lowest BCUT2D eigenvalue weighted by Gasteiger charge is -2.24. The highest BCUT2D eigenvalue weighted by molar-refractivity contribution is 5.81. The second-order valence-corrected chi connectivity index (χ2v) is 3.65. The van der Waals surface area contributed by atoms with E-state index in [1.807, 2.05) is 0 Å². The van der Waals surface area contributed by atoms with E-state index in [1.165, 1.54) is 12.8 Å². The predicted octanol–water partition coefficient (Wildman–Crippen LogP) is 0.292. The van der Waals surface area contributed by atoms with Crippen LogP contribution in [0.5, 0.6) is 0 Å². The summed E-state index contributed by atoms with van der Waals surface area (Å²) in [6.07, 6.45) is 3.21. The highest BCUT2D eigenvalue weighted by atomic mass is 16.1. The molecule has 1 atom stereocenters. The number of carbonyl (C=O) groups is 1. The lowest BCUT2D eigenvalue weighted by molar-refractivity contribution is -0.118. The fourth-order valence-corrected chi connectivity index (χ4v) is 1.64. The van der Waals surface area contributed by atoms with E-state index in [-0.39, 0.29) is 11.8 Å². The smallest absolute Gasteiger partial charge is 0.146 e. The standard InChI is InChI=1S/C9H18N2O/c1-7(12)9(10)6-8-2-4-11-5-3-8/h8-9,11H,2-6,10H2,1H3. The Balaban J connectivity index is 2.24. The molecule has 0 spiro atoms. The van der Waals surface area contributed by atoms with Gasteiger partial charge in [-0.05, 0) is 45.2 Å². The number of Topliss-reactive ketones (excluding diaryl/α,β-unsaturated/α-hetero) is 1. The van der Waals surface area contributed by atoms with Crippen molar-refractivity contribution in [3.05, 3.63) is 0 Å². The van der Waals surface area contributed by atoms with Crippen LogP contribution >= 0.6 is 0 Å². The first-order valence-corrected chi connectivity index (χ1v) is 4.67.